The highest BCUT2D eigenvalue weighted by Crippen LogP contribution is 2.17. The van der Waals surface area contributed by atoms with Gasteiger partial charge in [0.25, 0.3) is 5.91 Å². The molecule has 1 aromatic heterocycles. The molecule has 9 nitrogen and oxygen atoms in total. The number of likely N-dealkylation sites (tertiary alicyclic amines) is 1. The van der Waals surface area contributed by atoms with Crippen LogP contribution < -0.4 is 4.80 Å². The second kappa shape index (κ2) is 10.2. The number of aromatic nitrogens is 1. The number of para-hydroxylation sites is 1. The van der Waals surface area contributed by atoms with Crippen molar-refractivity contribution in [2.75, 3.05) is 31.2 Å². The standard InChI is InChI=1S/C20H25N3O6S2/c1-2-29-19(26)12-23-15-8-4-5-9-16(15)30-20(23)21-17(24)13-31(27,28)14-18(25)22-10-6-3-7-11-22/h4-5,8-9H,2-3,6-7,10-14H2,1H3. The van der Waals surface area contributed by atoms with Crippen molar-refractivity contribution < 1.29 is 27.5 Å². The minimum Gasteiger partial charge on any atom is -0.465 e. The summed E-state index contributed by atoms with van der Waals surface area (Å²) in [4.78, 5) is 42.4. The largest absolute Gasteiger partial charge is 0.465 e. The van der Waals surface area contributed by atoms with E-state index in [-0.39, 0.29) is 18.0 Å². The van der Waals surface area contributed by atoms with E-state index in [4.69, 9.17) is 4.74 Å². The van der Waals surface area contributed by atoms with Gasteiger partial charge in [0.2, 0.25) is 5.91 Å². The summed E-state index contributed by atoms with van der Waals surface area (Å²) >= 11 is 1.17. The molecule has 1 saturated heterocycles. The molecule has 2 aromatic rings. The molecule has 0 bridgehead atoms. The first-order valence-corrected chi connectivity index (χ1v) is 12.7. The fraction of sp³-hybridized carbons (Fsp3) is 0.500. The number of carbonyl (C=O) groups excluding carboxylic acids is 3. The summed E-state index contributed by atoms with van der Waals surface area (Å²) in [7, 11) is -3.95. The highest BCUT2D eigenvalue weighted by Gasteiger charge is 2.25. The molecular formula is C20H25N3O6S2. The Morgan fingerprint density at radius 3 is 2.52 bits per heavy atom. The van der Waals surface area contributed by atoms with Gasteiger partial charge in [-0.3, -0.25) is 14.4 Å². The van der Waals surface area contributed by atoms with Crippen molar-refractivity contribution in [3.8, 4) is 0 Å². The first kappa shape index (κ1) is 23.1. The van der Waals surface area contributed by atoms with E-state index in [1.807, 2.05) is 12.1 Å². The van der Waals surface area contributed by atoms with E-state index in [2.05, 4.69) is 4.99 Å². The zero-order valence-electron chi connectivity index (χ0n) is 17.3. The van der Waals surface area contributed by atoms with Crippen LogP contribution in [0.1, 0.15) is 26.2 Å². The number of benzene rings is 1. The lowest BCUT2D eigenvalue weighted by Crippen LogP contribution is -2.40. The molecule has 2 amide bonds. The lowest BCUT2D eigenvalue weighted by Gasteiger charge is -2.26. The van der Waals surface area contributed by atoms with E-state index < -0.39 is 39.1 Å². The maximum Gasteiger partial charge on any atom is 0.326 e. The number of carbonyl (C=O) groups is 3. The summed E-state index contributed by atoms with van der Waals surface area (Å²) in [6.07, 6.45) is 2.73. The second-order valence-electron chi connectivity index (χ2n) is 7.22. The van der Waals surface area contributed by atoms with Gasteiger partial charge in [0.05, 0.1) is 16.8 Å². The van der Waals surface area contributed by atoms with Gasteiger partial charge in [0, 0.05) is 13.1 Å². The van der Waals surface area contributed by atoms with Crippen molar-refractivity contribution in [2.24, 2.45) is 4.99 Å². The van der Waals surface area contributed by atoms with Crippen molar-refractivity contribution in [1.29, 1.82) is 0 Å². The summed E-state index contributed by atoms with van der Waals surface area (Å²) in [6.45, 7) is 2.85. The smallest absolute Gasteiger partial charge is 0.326 e. The van der Waals surface area contributed by atoms with Crippen molar-refractivity contribution in [2.45, 2.75) is 32.7 Å². The molecule has 0 atom stereocenters. The maximum atomic E-state index is 12.4. The van der Waals surface area contributed by atoms with Gasteiger partial charge in [-0.1, -0.05) is 23.5 Å². The van der Waals surface area contributed by atoms with Gasteiger partial charge >= 0.3 is 5.97 Å². The summed E-state index contributed by atoms with van der Waals surface area (Å²) in [6, 6.07) is 7.20. The number of ether oxygens (including phenoxy) is 1. The number of nitrogens with zero attached hydrogens (tertiary/aromatic N) is 3. The van der Waals surface area contributed by atoms with Crippen molar-refractivity contribution in [3.63, 3.8) is 0 Å². The Morgan fingerprint density at radius 1 is 1.10 bits per heavy atom. The lowest BCUT2D eigenvalue weighted by atomic mass is 10.1. The number of piperidine rings is 1. The van der Waals surface area contributed by atoms with Crippen LogP contribution in [0.3, 0.4) is 0 Å². The summed E-state index contributed by atoms with van der Waals surface area (Å²) in [5.41, 5.74) is 0.690. The van der Waals surface area contributed by atoms with E-state index in [0.717, 1.165) is 24.0 Å². The van der Waals surface area contributed by atoms with Gasteiger partial charge < -0.3 is 14.2 Å². The minimum atomic E-state index is -3.95. The topological polar surface area (TPSA) is 115 Å². The first-order valence-electron chi connectivity index (χ1n) is 10.1. The number of sulfone groups is 1. The Morgan fingerprint density at radius 2 is 1.81 bits per heavy atom. The fourth-order valence-electron chi connectivity index (χ4n) is 3.40. The molecule has 2 heterocycles. The van der Waals surface area contributed by atoms with Crippen LogP contribution in [0.2, 0.25) is 0 Å². The number of esters is 1. The third kappa shape index (κ3) is 6.23. The van der Waals surface area contributed by atoms with Gasteiger partial charge in [-0.05, 0) is 38.3 Å². The molecular weight excluding hydrogens is 442 g/mol. The minimum absolute atomic E-state index is 0.149. The number of rotatable bonds is 7. The van der Waals surface area contributed by atoms with Gasteiger partial charge in [-0.25, -0.2) is 8.42 Å². The number of hydrogen-bond donors (Lipinski definition) is 0. The van der Waals surface area contributed by atoms with Crippen LogP contribution in [0, 0.1) is 0 Å². The van der Waals surface area contributed by atoms with Crippen molar-refractivity contribution in [1.82, 2.24) is 9.47 Å². The SMILES string of the molecule is CCOC(=O)Cn1c(=NC(=O)CS(=O)(=O)CC(=O)N2CCCCC2)sc2ccccc21. The quantitative estimate of drug-likeness (QED) is 0.564. The van der Waals surface area contributed by atoms with E-state index in [0.29, 0.717) is 18.6 Å². The van der Waals surface area contributed by atoms with E-state index in [1.165, 1.54) is 20.8 Å². The number of thiazole rings is 1. The Kier molecular flexibility index (Phi) is 7.60. The van der Waals surface area contributed by atoms with Crippen LogP contribution in [-0.2, 0) is 35.5 Å². The predicted molar refractivity (Wildman–Crippen MR) is 116 cm³/mol. The number of fused-ring (bicyclic) bond motifs is 1. The molecule has 1 aliphatic rings. The normalized spacial score (nSPS) is 15.3. The Hall–Kier alpha value is -2.53. The van der Waals surface area contributed by atoms with Gasteiger partial charge in [0.15, 0.2) is 14.6 Å². The van der Waals surface area contributed by atoms with Gasteiger partial charge in [-0.2, -0.15) is 4.99 Å². The monoisotopic (exact) mass is 467 g/mol. The maximum absolute atomic E-state index is 12.4. The zero-order valence-corrected chi connectivity index (χ0v) is 18.9. The zero-order chi connectivity index (χ0) is 22.4. The highest BCUT2D eigenvalue weighted by atomic mass is 32.2. The third-order valence-corrected chi connectivity index (χ3v) is 7.23. The number of hydrogen-bond acceptors (Lipinski definition) is 7. The summed E-state index contributed by atoms with van der Waals surface area (Å²) in [5.74, 6) is -3.41. The molecule has 0 saturated carbocycles. The average molecular weight is 468 g/mol. The molecule has 31 heavy (non-hydrogen) atoms. The van der Waals surface area contributed by atoms with Crippen LogP contribution >= 0.6 is 11.3 Å². The van der Waals surface area contributed by atoms with Crippen molar-refractivity contribution in [3.05, 3.63) is 29.1 Å². The van der Waals surface area contributed by atoms with Crippen LogP contribution in [-0.4, -0.2) is 66.9 Å². The Labute approximate surface area is 184 Å². The molecule has 11 heteroatoms. The van der Waals surface area contributed by atoms with Crippen LogP contribution in [0.5, 0.6) is 0 Å². The van der Waals surface area contributed by atoms with E-state index in [9.17, 15) is 22.8 Å². The second-order valence-corrected chi connectivity index (χ2v) is 10.3. The van der Waals surface area contributed by atoms with Crippen LogP contribution in [0.25, 0.3) is 10.2 Å². The van der Waals surface area contributed by atoms with Gasteiger partial charge in [0.1, 0.15) is 18.1 Å². The molecule has 1 aromatic carbocycles. The first-order chi connectivity index (χ1) is 14.8. The molecule has 0 unspecified atom stereocenters. The molecule has 0 aliphatic carbocycles. The summed E-state index contributed by atoms with van der Waals surface area (Å²) in [5, 5.41) is 0. The lowest BCUT2D eigenvalue weighted by molar-refractivity contribution is -0.143. The molecule has 168 valence electrons. The van der Waals surface area contributed by atoms with E-state index in [1.54, 1.807) is 19.1 Å². The Bertz CT molecular complexity index is 1140. The molecule has 0 radical (unpaired) electrons. The van der Waals surface area contributed by atoms with Crippen LogP contribution in [0.4, 0.5) is 0 Å². The average Bonchev–Trinajstić information content (AvgIpc) is 3.04. The molecule has 0 spiro atoms. The Balaban J connectivity index is 1.79. The number of amides is 2. The van der Waals surface area contributed by atoms with Crippen molar-refractivity contribution >= 4 is 49.2 Å². The molecule has 0 N–H and O–H groups in total. The van der Waals surface area contributed by atoms with Gasteiger partial charge in [-0.15, -0.1) is 0 Å². The molecule has 3 rings (SSSR count). The molecule has 1 aliphatic heterocycles. The highest BCUT2D eigenvalue weighted by molar-refractivity contribution is 7.92. The summed E-state index contributed by atoms with van der Waals surface area (Å²) < 4.78 is 32.1. The predicted octanol–water partition coefficient (Wildman–Crippen LogP) is 1.12. The van der Waals surface area contributed by atoms with E-state index >= 15 is 0 Å². The molecule has 1 fully saturated rings. The third-order valence-electron chi connectivity index (χ3n) is 4.80. The fourth-order valence-corrected chi connectivity index (χ4v) is 5.54. The van der Waals surface area contributed by atoms with Crippen LogP contribution in [0.15, 0.2) is 29.3 Å².